The number of hydrogen-bond donors (Lipinski definition) is 0. The van der Waals surface area contributed by atoms with Crippen molar-refractivity contribution in [2.24, 2.45) is 0 Å². The van der Waals surface area contributed by atoms with Crippen LogP contribution in [-0.2, 0) is 0 Å². The summed E-state index contributed by atoms with van der Waals surface area (Å²) in [6, 6.07) is 11.9. The summed E-state index contributed by atoms with van der Waals surface area (Å²) in [5, 5.41) is 0. The van der Waals surface area contributed by atoms with Gasteiger partial charge in [0.05, 0.1) is 26.4 Å². The standard InChI is InChI=1S/C22H28O4/c1-5-23-19-11-9-10-17(14-19)12-13-18-15-20(24-6-2)22(26-8-4)21(16-18)25-7-3/h9-16H,5-8H2,1-4H3/b13-12+. The van der Waals surface area contributed by atoms with Gasteiger partial charge >= 0.3 is 0 Å². The molecular weight excluding hydrogens is 328 g/mol. The Kier molecular flexibility index (Phi) is 7.87. The first kappa shape index (κ1) is 19.7. The van der Waals surface area contributed by atoms with E-state index in [1.807, 2.05) is 76.2 Å². The average Bonchev–Trinajstić information content (AvgIpc) is 2.64. The number of ether oxygens (including phenoxy) is 4. The number of hydrogen-bond acceptors (Lipinski definition) is 4. The van der Waals surface area contributed by atoms with Crippen molar-refractivity contribution >= 4 is 12.2 Å². The van der Waals surface area contributed by atoms with Gasteiger partial charge in [0.2, 0.25) is 5.75 Å². The molecule has 0 radical (unpaired) electrons. The van der Waals surface area contributed by atoms with Crippen molar-refractivity contribution in [3.8, 4) is 23.0 Å². The van der Waals surface area contributed by atoms with Crippen LogP contribution in [0.25, 0.3) is 12.2 Å². The van der Waals surface area contributed by atoms with E-state index < -0.39 is 0 Å². The lowest BCUT2D eigenvalue weighted by Crippen LogP contribution is -2.02. The fraction of sp³-hybridized carbons (Fsp3) is 0.364. The van der Waals surface area contributed by atoms with E-state index in [0.717, 1.165) is 16.9 Å². The van der Waals surface area contributed by atoms with Gasteiger partial charge in [-0.05, 0) is 63.1 Å². The van der Waals surface area contributed by atoms with Gasteiger partial charge in [-0.2, -0.15) is 0 Å². The van der Waals surface area contributed by atoms with Gasteiger partial charge in [0.1, 0.15) is 5.75 Å². The van der Waals surface area contributed by atoms with E-state index in [1.165, 1.54) is 0 Å². The lowest BCUT2D eigenvalue weighted by molar-refractivity contribution is 0.260. The van der Waals surface area contributed by atoms with Crippen molar-refractivity contribution in [3.05, 3.63) is 47.5 Å². The Morgan fingerprint density at radius 3 is 1.81 bits per heavy atom. The molecule has 0 aromatic heterocycles. The normalized spacial score (nSPS) is 10.8. The predicted molar refractivity (Wildman–Crippen MR) is 106 cm³/mol. The monoisotopic (exact) mass is 356 g/mol. The van der Waals surface area contributed by atoms with Gasteiger partial charge in [0.25, 0.3) is 0 Å². The summed E-state index contributed by atoms with van der Waals surface area (Å²) in [5.41, 5.74) is 2.06. The first-order valence-electron chi connectivity index (χ1n) is 9.19. The second-order valence-corrected chi connectivity index (χ2v) is 5.48. The van der Waals surface area contributed by atoms with Crippen LogP contribution in [0, 0.1) is 0 Å². The molecule has 4 heteroatoms. The molecular formula is C22H28O4. The van der Waals surface area contributed by atoms with Crippen LogP contribution >= 0.6 is 0 Å². The quantitative estimate of drug-likeness (QED) is 0.530. The van der Waals surface area contributed by atoms with Crippen molar-refractivity contribution in [1.82, 2.24) is 0 Å². The highest BCUT2D eigenvalue weighted by Crippen LogP contribution is 2.39. The molecule has 0 N–H and O–H groups in total. The maximum atomic E-state index is 5.76. The van der Waals surface area contributed by atoms with E-state index in [0.29, 0.717) is 43.7 Å². The zero-order chi connectivity index (χ0) is 18.8. The van der Waals surface area contributed by atoms with Crippen LogP contribution in [0.2, 0.25) is 0 Å². The van der Waals surface area contributed by atoms with Crippen LogP contribution in [0.3, 0.4) is 0 Å². The SMILES string of the molecule is CCOc1cccc(/C=C/c2cc(OCC)c(OCC)c(OCC)c2)c1. The molecule has 0 heterocycles. The first-order valence-corrected chi connectivity index (χ1v) is 9.19. The highest BCUT2D eigenvalue weighted by molar-refractivity contribution is 5.73. The fourth-order valence-electron chi connectivity index (χ4n) is 2.57. The summed E-state index contributed by atoms with van der Waals surface area (Å²) in [7, 11) is 0. The maximum Gasteiger partial charge on any atom is 0.203 e. The second-order valence-electron chi connectivity index (χ2n) is 5.48. The predicted octanol–water partition coefficient (Wildman–Crippen LogP) is 5.45. The molecule has 0 aliphatic heterocycles. The summed E-state index contributed by atoms with van der Waals surface area (Å²) in [5.74, 6) is 2.92. The average molecular weight is 356 g/mol. The van der Waals surface area contributed by atoms with Crippen molar-refractivity contribution in [2.45, 2.75) is 27.7 Å². The van der Waals surface area contributed by atoms with E-state index in [9.17, 15) is 0 Å². The Balaban J connectivity index is 2.34. The molecule has 2 rings (SSSR count). The maximum absolute atomic E-state index is 5.76. The third-order valence-corrected chi connectivity index (χ3v) is 3.57. The Labute approximate surface area is 156 Å². The molecule has 2 aromatic carbocycles. The minimum Gasteiger partial charge on any atom is -0.494 e. The molecule has 0 aliphatic rings. The van der Waals surface area contributed by atoms with E-state index in [1.54, 1.807) is 0 Å². The molecule has 4 nitrogen and oxygen atoms in total. The zero-order valence-corrected chi connectivity index (χ0v) is 16.1. The largest absolute Gasteiger partial charge is 0.494 e. The highest BCUT2D eigenvalue weighted by Gasteiger charge is 2.14. The Morgan fingerprint density at radius 1 is 0.654 bits per heavy atom. The number of benzene rings is 2. The molecule has 0 saturated heterocycles. The van der Waals surface area contributed by atoms with E-state index in [2.05, 4.69) is 0 Å². The molecule has 26 heavy (non-hydrogen) atoms. The zero-order valence-electron chi connectivity index (χ0n) is 16.1. The Bertz CT molecular complexity index is 695. The first-order chi connectivity index (χ1) is 12.7. The summed E-state index contributed by atoms with van der Waals surface area (Å²) in [6.45, 7) is 10.2. The molecule has 140 valence electrons. The molecule has 0 fully saturated rings. The third kappa shape index (κ3) is 5.45. The second kappa shape index (κ2) is 10.4. The van der Waals surface area contributed by atoms with Gasteiger partial charge in [-0.3, -0.25) is 0 Å². The van der Waals surface area contributed by atoms with E-state index in [4.69, 9.17) is 18.9 Å². The fourth-order valence-corrected chi connectivity index (χ4v) is 2.57. The van der Waals surface area contributed by atoms with E-state index >= 15 is 0 Å². The van der Waals surface area contributed by atoms with Gasteiger partial charge in [0.15, 0.2) is 11.5 Å². The Morgan fingerprint density at radius 2 is 1.23 bits per heavy atom. The minimum absolute atomic E-state index is 0.555. The summed E-state index contributed by atoms with van der Waals surface area (Å²) < 4.78 is 22.8. The summed E-state index contributed by atoms with van der Waals surface area (Å²) >= 11 is 0. The lowest BCUT2D eigenvalue weighted by Gasteiger charge is -2.16. The molecule has 0 aliphatic carbocycles. The van der Waals surface area contributed by atoms with Gasteiger partial charge < -0.3 is 18.9 Å². The van der Waals surface area contributed by atoms with E-state index in [-0.39, 0.29) is 0 Å². The van der Waals surface area contributed by atoms with Gasteiger partial charge in [0, 0.05) is 0 Å². The van der Waals surface area contributed by atoms with Crippen LogP contribution in [-0.4, -0.2) is 26.4 Å². The van der Waals surface area contributed by atoms with Crippen molar-refractivity contribution in [3.63, 3.8) is 0 Å². The third-order valence-electron chi connectivity index (χ3n) is 3.57. The summed E-state index contributed by atoms with van der Waals surface area (Å²) in [6.07, 6.45) is 4.08. The molecule has 0 saturated carbocycles. The molecule has 2 aromatic rings. The van der Waals surface area contributed by atoms with Gasteiger partial charge in [-0.15, -0.1) is 0 Å². The topological polar surface area (TPSA) is 36.9 Å². The highest BCUT2D eigenvalue weighted by atomic mass is 16.5. The van der Waals surface area contributed by atoms with Crippen molar-refractivity contribution < 1.29 is 18.9 Å². The molecule has 0 spiro atoms. The van der Waals surface area contributed by atoms with Crippen LogP contribution < -0.4 is 18.9 Å². The molecule has 0 bridgehead atoms. The number of rotatable bonds is 10. The van der Waals surface area contributed by atoms with Crippen molar-refractivity contribution in [2.75, 3.05) is 26.4 Å². The van der Waals surface area contributed by atoms with Crippen LogP contribution in [0.5, 0.6) is 23.0 Å². The van der Waals surface area contributed by atoms with Crippen molar-refractivity contribution in [1.29, 1.82) is 0 Å². The molecule has 0 amide bonds. The lowest BCUT2D eigenvalue weighted by atomic mass is 10.1. The van der Waals surface area contributed by atoms with Crippen LogP contribution in [0.1, 0.15) is 38.8 Å². The minimum atomic E-state index is 0.555. The molecule has 0 atom stereocenters. The van der Waals surface area contributed by atoms with Crippen LogP contribution in [0.4, 0.5) is 0 Å². The van der Waals surface area contributed by atoms with Crippen LogP contribution in [0.15, 0.2) is 36.4 Å². The summed E-state index contributed by atoms with van der Waals surface area (Å²) in [4.78, 5) is 0. The molecule has 0 unspecified atom stereocenters. The van der Waals surface area contributed by atoms with Gasteiger partial charge in [-0.25, -0.2) is 0 Å². The Hall–Kier alpha value is -2.62. The van der Waals surface area contributed by atoms with Gasteiger partial charge in [-0.1, -0.05) is 24.3 Å². The smallest absolute Gasteiger partial charge is 0.203 e.